The number of ether oxygens (including phenoxy) is 2. The lowest BCUT2D eigenvalue weighted by molar-refractivity contribution is -0.143. The van der Waals surface area contributed by atoms with Crippen LogP contribution in [-0.2, 0) is 34.5 Å². The van der Waals surface area contributed by atoms with Crippen LogP contribution in [0.25, 0.3) is 0 Å². The molecule has 1 fully saturated rings. The lowest BCUT2D eigenvalue weighted by atomic mass is 9.89. The van der Waals surface area contributed by atoms with E-state index >= 15 is 0 Å². The summed E-state index contributed by atoms with van der Waals surface area (Å²) in [6.07, 6.45) is -14.9. The number of anilines is 1. The first-order chi connectivity index (χ1) is 19.9. The maximum absolute atomic E-state index is 13.7. The third-order valence-electron chi connectivity index (χ3n) is 7.53. The molecule has 0 saturated heterocycles. The van der Waals surface area contributed by atoms with Crippen molar-refractivity contribution < 1.29 is 58.6 Å². The van der Waals surface area contributed by atoms with E-state index < -0.39 is 71.6 Å². The van der Waals surface area contributed by atoms with E-state index in [4.69, 9.17) is 9.47 Å². The molecular formula is C28H27F9N2O4. The van der Waals surface area contributed by atoms with Crippen molar-refractivity contribution in [1.82, 2.24) is 4.90 Å². The molecule has 2 aromatic carbocycles. The molecule has 236 valence electrons. The minimum Gasteiger partial charge on any atom is -0.453 e. The van der Waals surface area contributed by atoms with Gasteiger partial charge in [-0.2, -0.15) is 39.5 Å². The number of hydrogen-bond donors (Lipinski definition) is 0. The van der Waals surface area contributed by atoms with Crippen LogP contribution in [0.3, 0.4) is 0 Å². The van der Waals surface area contributed by atoms with Gasteiger partial charge in [0.05, 0.1) is 35.5 Å². The molecule has 1 saturated carbocycles. The summed E-state index contributed by atoms with van der Waals surface area (Å²) in [5.41, 5.74) is -5.23. The number of fused-ring (bicyclic) bond motifs is 1. The molecule has 0 aromatic heterocycles. The lowest BCUT2D eigenvalue weighted by Gasteiger charge is -2.43. The van der Waals surface area contributed by atoms with E-state index in [0.29, 0.717) is 31.0 Å². The van der Waals surface area contributed by atoms with Crippen molar-refractivity contribution >= 4 is 17.9 Å². The van der Waals surface area contributed by atoms with Crippen LogP contribution in [0, 0.1) is 0 Å². The number of amides is 2. The largest absolute Gasteiger partial charge is 0.453 e. The fraction of sp³-hybridized carbons (Fsp3) is 0.500. The van der Waals surface area contributed by atoms with Crippen molar-refractivity contribution in [1.29, 1.82) is 0 Å². The van der Waals surface area contributed by atoms with E-state index in [1.54, 1.807) is 0 Å². The number of hydrogen-bond acceptors (Lipinski definition) is 4. The van der Waals surface area contributed by atoms with E-state index in [2.05, 4.69) is 0 Å². The van der Waals surface area contributed by atoms with Gasteiger partial charge in [-0.1, -0.05) is 0 Å². The van der Waals surface area contributed by atoms with E-state index in [1.807, 2.05) is 0 Å². The van der Waals surface area contributed by atoms with Gasteiger partial charge >= 0.3 is 30.7 Å². The van der Waals surface area contributed by atoms with Crippen LogP contribution in [0.2, 0.25) is 0 Å². The molecule has 1 heterocycles. The first-order valence-corrected chi connectivity index (χ1v) is 13.2. The Labute approximate surface area is 240 Å². The van der Waals surface area contributed by atoms with E-state index in [9.17, 15) is 49.1 Å². The minimum atomic E-state index is -5.17. The highest BCUT2D eigenvalue weighted by Crippen LogP contribution is 2.45. The molecule has 43 heavy (non-hydrogen) atoms. The summed E-state index contributed by atoms with van der Waals surface area (Å²) in [5.74, 6) is 0. The fourth-order valence-corrected chi connectivity index (χ4v) is 5.52. The Morgan fingerprint density at radius 3 is 1.93 bits per heavy atom. The molecule has 1 aliphatic carbocycles. The highest BCUT2D eigenvalue weighted by molar-refractivity contribution is 5.90. The Hall–Kier alpha value is -3.65. The third kappa shape index (κ3) is 7.12. The van der Waals surface area contributed by atoms with Gasteiger partial charge in [-0.25, -0.2) is 9.59 Å². The summed E-state index contributed by atoms with van der Waals surface area (Å²) >= 11 is 0. The normalized spacial score (nSPS) is 19.7. The maximum Gasteiger partial charge on any atom is 0.416 e. The molecule has 2 amide bonds. The molecular weight excluding hydrogens is 599 g/mol. The molecule has 0 N–H and O–H groups in total. The Morgan fingerprint density at radius 1 is 0.860 bits per heavy atom. The van der Waals surface area contributed by atoms with Crippen LogP contribution in [0.4, 0.5) is 54.8 Å². The molecule has 4 rings (SSSR count). The first kappa shape index (κ1) is 32.3. The Kier molecular flexibility index (Phi) is 8.85. The predicted molar refractivity (Wildman–Crippen MR) is 134 cm³/mol. The predicted octanol–water partition coefficient (Wildman–Crippen LogP) is 8.73. The van der Waals surface area contributed by atoms with Crippen LogP contribution in [-0.4, -0.2) is 36.3 Å². The van der Waals surface area contributed by atoms with Gasteiger partial charge in [0.15, 0.2) is 0 Å². The van der Waals surface area contributed by atoms with E-state index in [1.165, 1.54) is 6.92 Å². The van der Waals surface area contributed by atoms with Crippen molar-refractivity contribution in [2.75, 3.05) is 12.0 Å². The summed E-state index contributed by atoms with van der Waals surface area (Å²) in [7, 11) is 0.910. The molecule has 2 unspecified atom stereocenters. The summed E-state index contributed by atoms with van der Waals surface area (Å²) in [6.45, 7) is 0.657. The molecule has 0 bridgehead atoms. The topological polar surface area (TPSA) is 59.1 Å². The second-order valence-electron chi connectivity index (χ2n) is 10.5. The van der Waals surface area contributed by atoms with Gasteiger partial charge in [0, 0.05) is 12.6 Å². The van der Waals surface area contributed by atoms with Gasteiger partial charge in [-0.15, -0.1) is 0 Å². The van der Waals surface area contributed by atoms with Crippen LogP contribution in [0.5, 0.6) is 0 Å². The van der Waals surface area contributed by atoms with Crippen molar-refractivity contribution in [3.63, 3.8) is 0 Å². The standard InChI is InChI=1S/C28H27F9N2O4/c1-15-9-23(38(24(40)42-2)14-16-10-18(27(32,33)34)12-19(11-16)28(35,36)37)21-13-17(26(29,30)31)7-8-22(21)39(15)25(41)43-20-5-3-4-6-20/h7-8,10-13,15,20,23H,3-6,9,14H2,1-2H3. The van der Waals surface area contributed by atoms with Crippen LogP contribution >= 0.6 is 0 Å². The van der Waals surface area contributed by atoms with E-state index in [-0.39, 0.29) is 29.8 Å². The van der Waals surface area contributed by atoms with Crippen LogP contribution in [0.15, 0.2) is 36.4 Å². The summed E-state index contributed by atoms with van der Waals surface area (Å²) in [4.78, 5) is 28.0. The smallest absolute Gasteiger partial charge is 0.416 e. The van der Waals surface area contributed by atoms with Gasteiger partial charge in [0.2, 0.25) is 0 Å². The Morgan fingerprint density at radius 2 is 1.42 bits per heavy atom. The zero-order valence-corrected chi connectivity index (χ0v) is 22.9. The quantitative estimate of drug-likeness (QED) is 0.319. The molecule has 2 aliphatic rings. The summed E-state index contributed by atoms with van der Waals surface area (Å²) < 4.78 is 133. The minimum absolute atomic E-state index is 0.0475. The number of methoxy groups -OCH3 is 1. The van der Waals surface area contributed by atoms with Crippen LogP contribution < -0.4 is 4.90 Å². The molecule has 2 aromatic rings. The molecule has 6 nitrogen and oxygen atoms in total. The lowest BCUT2D eigenvalue weighted by Crippen LogP contribution is -2.48. The summed E-state index contributed by atoms with van der Waals surface area (Å²) in [6, 6.07) is 1.10. The number of alkyl halides is 9. The second kappa shape index (κ2) is 11.8. The molecule has 15 heteroatoms. The third-order valence-corrected chi connectivity index (χ3v) is 7.53. The van der Waals surface area contributed by atoms with Crippen LogP contribution in [0.1, 0.15) is 72.9 Å². The number of benzene rings is 2. The van der Waals surface area contributed by atoms with Crippen molar-refractivity contribution in [3.8, 4) is 0 Å². The van der Waals surface area contributed by atoms with Crippen molar-refractivity contribution in [3.05, 3.63) is 64.2 Å². The zero-order valence-electron chi connectivity index (χ0n) is 22.9. The molecule has 1 aliphatic heterocycles. The fourth-order valence-electron chi connectivity index (χ4n) is 5.52. The number of carbonyl (C=O) groups is 2. The average molecular weight is 627 g/mol. The van der Waals surface area contributed by atoms with Crippen molar-refractivity contribution in [2.45, 2.75) is 82.3 Å². The average Bonchev–Trinajstić information content (AvgIpc) is 3.42. The van der Waals surface area contributed by atoms with Gasteiger partial charge in [-0.3, -0.25) is 9.80 Å². The number of carbonyl (C=O) groups excluding carboxylic acids is 2. The summed E-state index contributed by atoms with van der Waals surface area (Å²) in [5, 5.41) is 0. The van der Waals surface area contributed by atoms with Crippen molar-refractivity contribution in [2.24, 2.45) is 0 Å². The molecule has 2 atom stereocenters. The highest BCUT2D eigenvalue weighted by Gasteiger charge is 2.43. The number of rotatable bonds is 4. The first-order valence-electron chi connectivity index (χ1n) is 13.2. The van der Waals surface area contributed by atoms with Gasteiger partial charge in [0.1, 0.15) is 6.10 Å². The zero-order chi connectivity index (χ0) is 31.9. The monoisotopic (exact) mass is 626 g/mol. The maximum atomic E-state index is 13.7. The molecule has 0 radical (unpaired) electrons. The van der Waals surface area contributed by atoms with Gasteiger partial charge in [0.25, 0.3) is 0 Å². The Bertz CT molecular complexity index is 1320. The number of nitrogens with zero attached hydrogens (tertiary/aromatic N) is 2. The number of halogens is 9. The van der Waals surface area contributed by atoms with Gasteiger partial charge < -0.3 is 9.47 Å². The van der Waals surface area contributed by atoms with E-state index in [0.717, 1.165) is 41.9 Å². The Balaban J connectivity index is 1.81. The second-order valence-corrected chi connectivity index (χ2v) is 10.5. The highest BCUT2D eigenvalue weighted by atomic mass is 19.4. The SMILES string of the molecule is COC(=O)N(Cc1cc(C(F)(F)F)cc(C(F)(F)F)c1)C1CC(C)N(C(=O)OC2CCCC2)c2ccc(C(F)(F)F)cc21. The molecule has 0 spiro atoms. The van der Waals surface area contributed by atoms with Gasteiger partial charge in [-0.05, 0) is 86.6 Å².